The van der Waals surface area contributed by atoms with Crippen LogP contribution in [0.25, 0.3) is 0 Å². The van der Waals surface area contributed by atoms with Gasteiger partial charge in [0.2, 0.25) is 0 Å². The molecule has 0 spiro atoms. The third-order valence-electron chi connectivity index (χ3n) is 1.56. The molecule has 0 saturated carbocycles. The van der Waals surface area contributed by atoms with Crippen molar-refractivity contribution >= 4 is 11.8 Å². The Hall–Kier alpha value is -0.470. The van der Waals surface area contributed by atoms with Crippen LogP contribution >= 0.6 is 11.8 Å². The number of aliphatic hydroxyl groups is 1. The fraction of sp³-hybridized carbons (Fsp3) is 0.400. The summed E-state index contributed by atoms with van der Waals surface area (Å²) < 4.78 is 0. The number of aryl methyl sites for hydroxylation is 1. The first kappa shape index (κ1) is 9.62. The van der Waals surface area contributed by atoms with Crippen LogP contribution in [0.2, 0.25) is 0 Å². The lowest BCUT2D eigenvalue weighted by Crippen LogP contribution is -1.85. The number of benzene rings is 1. The third-order valence-corrected chi connectivity index (χ3v) is 2.64. The van der Waals surface area contributed by atoms with Crippen molar-refractivity contribution in [1.82, 2.24) is 0 Å². The Morgan fingerprint density at radius 1 is 1.42 bits per heavy atom. The van der Waals surface area contributed by atoms with E-state index >= 15 is 0 Å². The Bertz CT molecular complexity index is 235. The van der Waals surface area contributed by atoms with Crippen LogP contribution < -0.4 is 0 Å². The minimum atomic E-state index is 0.290. The van der Waals surface area contributed by atoms with Gasteiger partial charge >= 0.3 is 0 Å². The lowest BCUT2D eigenvalue weighted by atomic mass is 10.2. The summed E-state index contributed by atoms with van der Waals surface area (Å²) in [5, 5.41) is 8.59. The minimum Gasteiger partial charge on any atom is -0.396 e. The summed E-state index contributed by atoms with van der Waals surface area (Å²) in [4.78, 5) is 1.29. The molecule has 0 saturated heterocycles. The van der Waals surface area contributed by atoms with Gasteiger partial charge in [-0.15, -0.1) is 11.8 Å². The SMILES string of the molecule is Cc1cccc(SCCCO)c1. The number of rotatable bonds is 4. The van der Waals surface area contributed by atoms with Gasteiger partial charge in [-0.3, -0.25) is 0 Å². The molecular formula is C10H14OS. The van der Waals surface area contributed by atoms with Gasteiger partial charge in [0.05, 0.1) is 0 Å². The van der Waals surface area contributed by atoms with E-state index in [-0.39, 0.29) is 0 Å². The first-order chi connectivity index (χ1) is 5.83. The second kappa shape index (κ2) is 5.22. The van der Waals surface area contributed by atoms with Crippen molar-refractivity contribution in [2.24, 2.45) is 0 Å². The molecule has 0 aromatic heterocycles. The molecule has 1 aromatic carbocycles. The van der Waals surface area contributed by atoms with E-state index in [0.717, 1.165) is 12.2 Å². The van der Waals surface area contributed by atoms with Crippen molar-refractivity contribution in [3.8, 4) is 0 Å². The lowest BCUT2D eigenvalue weighted by Gasteiger charge is -2.00. The largest absolute Gasteiger partial charge is 0.396 e. The molecule has 0 atom stereocenters. The lowest BCUT2D eigenvalue weighted by molar-refractivity contribution is 0.296. The second-order valence-corrected chi connectivity index (χ2v) is 3.91. The van der Waals surface area contributed by atoms with Crippen molar-refractivity contribution in [3.63, 3.8) is 0 Å². The summed E-state index contributed by atoms with van der Waals surface area (Å²) in [5.41, 5.74) is 1.30. The van der Waals surface area contributed by atoms with Crippen LogP contribution in [-0.4, -0.2) is 17.5 Å². The number of aliphatic hydroxyl groups excluding tert-OH is 1. The van der Waals surface area contributed by atoms with E-state index < -0.39 is 0 Å². The van der Waals surface area contributed by atoms with Crippen molar-refractivity contribution in [2.75, 3.05) is 12.4 Å². The zero-order valence-electron chi connectivity index (χ0n) is 7.29. The molecule has 1 aromatic rings. The van der Waals surface area contributed by atoms with Gasteiger partial charge in [0.1, 0.15) is 0 Å². The zero-order valence-corrected chi connectivity index (χ0v) is 8.10. The Balaban J connectivity index is 2.41. The molecule has 0 aliphatic rings. The summed E-state index contributed by atoms with van der Waals surface area (Å²) in [6, 6.07) is 8.43. The number of hydrogen-bond acceptors (Lipinski definition) is 2. The predicted molar refractivity (Wildman–Crippen MR) is 53.6 cm³/mol. The van der Waals surface area contributed by atoms with Crippen LogP contribution in [0.15, 0.2) is 29.2 Å². The average molecular weight is 182 g/mol. The van der Waals surface area contributed by atoms with Crippen LogP contribution in [0.5, 0.6) is 0 Å². The molecule has 0 unspecified atom stereocenters. The highest BCUT2D eigenvalue weighted by Gasteiger charge is 1.92. The van der Waals surface area contributed by atoms with Gasteiger partial charge in [-0.05, 0) is 25.5 Å². The number of hydrogen-bond donors (Lipinski definition) is 1. The molecule has 0 fully saturated rings. The monoisotopic (exact) mass is 182 g/mol. The van der Waals surface area contributed by atoms with E-state index in [1.54, 1.807) is 11.8 Å². The molecule has 0 amide bonds. The fourth-order valence-corrected chi connectivity index (χ4v) is 1.91. The van der Waals surface area contributed by atoms with E-state index in [1.165, 1.54) is 10.5 Å². The Morgan fingerprint density at radius 2 is 2.25 bits per heavy atom. The maximum atomic E-state index is 8.59. The Labute approximate surface area is 77.8 Å². The summed E-state index contributed by atoms with van der Waals surface area (Å²) in [6.45, 7) is 2.38. The molecule has 0 heterocycles. The van der Waals surface area contributed by atoms with Gasteiger partial charge in [-0.2, -0.15) is 0 Å². The molecule has 2 heteroatoms. The molecule has 66 valence electrons. The van der Waals surface area contributed by atoms with Crippen molar-refractivity contribution < 1.29 is 5.11 Å². The molecular weight excluding hydrogens is 168 g/mol. The van der Waals surface area contributed by atoms with Crippen molar-refractivity contribution in [2.45, 2.75) is 18.2 Å². The molecule has 12 heavy (non-hydrogen) atoms. The smallest absolute Gasteiger partial charge is 0.0439 e. The van der Waals surface area contributed by atoms with Crippen LogP contribution in [0, 0.1) is 6.92 Å². The average Bonchev–Trinajstić information content (AvgIpc) is 2.05. The molecule has 0 aliphatic carbocycles. The first-order valence-corrected chi connectivity index (χ1v) is 5.12. The van der Waals surface area contributed by atoms with Gasteiger partial charge in [0, 0.05) is 17.3 Å². The Kier molecular flexibility index (Phi) is 4.19. The Morgan fingerprint density at radius 3 is 2.92 bits per heavy atom. The van der Waals surface area contributed by atoms with Gasteiger partial charge in [0.15, 0.2) is 0 Å². The summed E-state index contributed by atoms with van der Waals surface area (Å²) in [7, 11) is 0. The highest BCUT2D eigenvalue weighted by Crippen LogP contribution is 2.19. The van der Waals surface area contributed by atoms with Gasteiger partial charge < -0.3 is 5.11 Å². The van der Waals surface area contributed by atoms with E-state index in [9.17, 15) is 0 Å². The second-order valence-electron chi connectivity index (χ2n) is 2.74. The van der Waals surface area contributed by atoms with E-state index in [1.807, 2.05) is 0 Å². The van der Waals surface area contributed by atoms with Crippen molar-refractivity contribution in [1.29, 1.82) is 0 Å². The van der Waals surface area contributed by atoms with Gasteiger partial charge in [0.25, 0.3) is 0 Å². The zero-order chi connectivity index (χ0) is 8.81. The molecule has 1 rings (SSSR count). The first-order valence-electron chi connectivity index (χ1n) is 4.13. The number of thioether (sulfide) groups is 1. The van der Waals surface area contributed by atoms with Crippen molar-refractivity contribution in [3.05, 3.63) is 29.8 Å². The summed E-state index contributed by atoms with van der Waals surface area (Å²) in [5.74, 6) is 1.000. The topological polar surface area (TPSA) is 20.2 Å². The highest BCUT2D eigenvalue weighted by molar-refractivity contribution is 7.99. The quantitative estimate of drug-likeness (QED) is 0.570. The highest BCUT2D eigenvalue weighted by atomic mass is 32.2. The van der Waals surface area contributed by atoms with Crippen LogP contribution in [0.4, 0.5) is 0 Å². The van der Waals surface area contributed by atoms with E-state index in [2.05, 4.69) is 31.2 Å². The van der Waals surface area contributed by atoms with Gasteiger partial charge in [-0.25, -0.2) is 0 Å². The molecule has 0 bridgehead atoms. The standard InChI is InChI=1S/C10H14OS/c1-9-4-2-5-10(8-9)12-7-3-6-11/h2,4-5,8,11H,3,6-7H2,1H3. The third kappa shape index (κ3) is 3.28. The maximum absolute atomic E-state index is 8.59. The van der Waals surface area contributed by atoms with Crippen LogP contribution in [0.3, 0.4) is 0 Å². The molecule has 1 nitrogen and oxygen atoms in total. The summed E-state index contributed by atoms with van der Waals surface area (Å²) >= 11 is 1.80. The molecule has 0 radical (unpaired) electrons. The fourth-order valence-electron chi connectivity index (χ4n) is 0.960. The predicted octanol–water partition coefficient (Wildman–Crippen LogP) is 2.47. The molecule has 0 aliphatic heterocycles. The van der Waals surface area contributed by atoms with E-state index in [4.69, 9.17) is 5.11 Å². The van der Waals surface area contributed by atoms with Crippen LogP contribution in [-0.2, 0) is 0 Å². The van der Waals surface area contributed by atoms with Crippen LogP contribution in [0.1, 0.15) is 12.0 Å². The normalized spacial score (nSPS) is 10.2. The maximum Gasteiger partial charge on any atom is 0.0439 e. The minimum absolute atomic E-state index is 0.290. The van der Waals surface area contributed by atoms with E-state index in [0.29, 0.717) is 6.61 Å². The summed E-state index contributed by atoms with van der Waals surface area (Å²) in [6.07, 6.45) is 0.874. The molecule has 1 N–H and O–H groups in total. The van der Waals surface area contributed by atoms with Gasteiger partial charge in [-0.1, -0.05) is 17.7 Å².